The van der Waals surface area contributed by atoms with Gasteiger partial charge in [0.25, 0.3) is 0 Å². The lowest BCUT2D eigenvalue weighted by molar-refractivity contribution is -0.121. The largest absolute Gasteiger partial charge is 0.454 e. The van der Waals surface area contributed by atoms with Gasteiger partial charge in [-0.2, -0.15) is 0 Å². The van der Waals surface area contributed by atoms with Crippen LogP contribution in [-0.2, 0) is 11.5 Å². The van der Waals surface area contributed by atoms with Crippen LogP contribution in [0.25, 0.3) is 5.69 Å². The zero-order valence-corrected chi connectivity index (χ0v) is 19.7. The molecule has 1 fully saturated rings. The van der Waals surface area contributed by atoms with Crippen molar-refractivity contribution in [2.45, 2.75) is 33.4 Å². The molecule has 2 aliphatic rings. The van der Waals surface area contributed by atoms with E-state index in [1.54, 1.807) is 0 Å². The SMILES string of the molecule is Cc1ccc(C)c(-n2ccn(CN3CCC(C(=O)Nc4ccc5c(c4)OCO5)CC3)c2=S)c1. The lowest BCUT2D eigenvalue weighted by atomic mass is 9.96. The van der Waals surface area contributed by atoms with Crippen molar-refractivity contribution in [1.82, 2.24) is 14.0 Å². The Morgan fingerprint density at radius 2 is 1.85 bits per heavy atom. The summed E-state index contributed by atoms with van der Waals surface area (Å²) in [5.41, 5.74) is 4.28. The molecule has 1 N–H and O–H groups in total. The standard InChI is InChI=1S/C25H28N4O3S/c1-17-3-4-18(2)21(13-17)29-12-11-28(25(29)33)15-27-9-7-19(8-10-27)24(30)26-20-5-6-22-23(14-20)32-16-31-22/h3-6,11-14,19H,7-10,15-16H2,1-2H3,(H,26,30). The summed E-state index contributed by atoms with van der Waals surface area (Å²) in [5, 5.41) is 3.03. The number of aryl methyl sites for hydroxylation is 2. The minimum Gasteiger partial charge on any atom is -0.454 e. The van der Waals surface area contributed by atoms with Gasteiger partial charge in [-0.15, -0.1) is 0 Å². The Balaban J connectivity index is 1.18. The number of benzene rings is 2. The van der Waals surface area contributed by atoms with E-state index in [1.807, 2.05) is 30.6 Å². The smallest absolute Gasteiger partial charge is 0.231 e. The highest BCUT2D eigenvalue weighted by Crippen LogP contribution is 2.34. The molecule has 7 nitrogen and oxygen atoms in total. The average Bonchev–Trinajstić information content (AvgIpc) is 3.42. The van der Waals surface area contributed by atoms with Gasteiger partial charge in [0, 0.05) is 43.2 Å². The number of imidazole rings is 1. The molecule has 0 aliphatic carbocycles. The van der Waals surface area contributed by atoms with E-state index in [1.165, 1.54) is 11.1 Å². The highest BCUT2D eigenvalue weighted by Gasteiger charge is 2.26. The summed E-state index contributed by atoms with van der Waals surface area (Å²) in [5.74, 6) is 1.45. The molecule has 172 valence electrons. The predicted octanol–water partition coefficient (Wildman–Crippen LogP) is 4.66. The second-order valence-electron chi connectivity index (χ2n) is 8.80. The van der Waals surface area contributed by atoms with Gasteiger partial charge in [0.1, 0.15) is 0 Å². The van der Waals surface area contributed by atoms with Crippen molar-refractivity contribution in [2.24, 2.45) is 5.92 Å². The summed E-state index contributed by atoms with van der Waals surface area (Å²) in [6.45, 7) is 6.87. The topological polar surface area (TPSA) is 60.7 Å². The van der Waals surface area contributed by atoms with E-state index in [4.69, 9.17) is 21.7 Å². The van der Waals surface area contributed by atoms with Gasteiger partial charge in [-0.05, 0) is 68.2 Å². The molecule has 1 amide bonds. The van der Waals surface area contributed by atoms with Crippen LogP contribution in [0.15, 0.2) is 48.8 Å². The third-order valence-electron chi connectivity index (χ3n) is 6.42. The monoisotopic (exact) mass is 464 g/mol. The number of carbonyl (C=O) groups is 1. The molecule has 3 aromatic rings. The van der Waals surface area contributed by atoms with E-state index in [-0.39, 0.29) is 18.6 Å². The first-order chi connectivity index (χ1) is 16.0. The number of ether oxygens (including phenoxy) is 2. The van der Waals surface area contributed by atoms with Gasteiger partial charge in [-0.1, -0.05) is 12.1 Å². The predicted molar refractivity (Wildman–Crippen MR) is 130 cm³/mol. The Bertz CT molecular complexity index is 1240. The molecule has 0 radical (unpaired) electrons. The van der Waals surface area contributed by atoms with Crippen LogP contribution in [0.2, 0.25) is 0 Å². The number of nitrogens with zero attached hydrogens (tertiary/aromatic N) is 3. The van der Waals surface area contributed by atoms with E-state index < -0.39 is 0 Å². The lowest BCUT2D eigenvalue weighted by Gasteiger charge is -2.31. The number of amides is 1. The number of anilines is 1. The van der Waals surface area contributed by atoms with Crippen molar-refractivity contribution in [3.8, 4) is 17.2 Å². The Hall–Kier alpha value is -3.10. The second-order valence-corrected chi connectivity index (χ2v) is 9.17. The van der Waals surface area contributed by atoms with E-state index in [9.17, 15) is 4.79 Å². The molecule has 33 heavy (non-hydrogen) atoms. The molecule has 5 rings (SSSR count). The summed E-state index contributed by atoms with van der Waals surface area (Å²) in [7, 11) is 0. The van der Waals surface area contributed by atoms with Crippen molar-refractivity contribution >= 4 is 23.8 Å². The maximum atomic E-state index is 12.8. The molecule has 0 bridgehead atoms. The van der Waals surface area contributed by atoms with Gasteiger partial charge in [0.2, 0.25) is 12.7 Å². The fourth-order valence-corrected chi connectivity index (χ4v) is 4.73. The molecule has 3 heterocycles. The molecule has 1 saturated heterocycles. The first-order valence-electron chi connectivity index (χ1n) is 11.3. The molecule has 2 aromatic carbocycles. The summed E-state index contributed by atoms with van der Waals surface area (Å²) in [6.07, 6.45) is 5.72. The van der Waals surface area contributed by atoms with Gasteiger partial charge >= 0.3 is 0 Å². The average molecular weight is 465 g/mol. The highest BCUT2D eigenvalue weighted by atomic mass is 32.1. The van der Waals surface area contributed by atoms with Crippen LogP contribution < -0.4 is 14.8 Å². The fourth-order valence-electron chi connectivity index (χ4n) is 4.45. The fraction of sp³-hybridized carbons (Fsp3) is 0.360. The normalized spacial score (nSPS) is 16.2. The van der Waals surface area contributed by atoms with Crippen LogP contribution in [0.1, 0.15) is 24.0 Å². The summed E-state index contributed by atoms with van der Waals surface area (Å²) >= 11 is 5.77. The Morgan fingerprint density at radius 1 is 1.06 bits per heavy atom. The molecule has 8 heteroatoms. The molecule has 0 atom stereocenters. The zero-order chi connectivity index (χ0) is 22.9. The number of hydrogen-bond acceptors (Lipinski definition) is 5. The molecule has 0 spiro atoms. The van der Waals surface area contributed by atoms with Crippen molar-refractivity contribution in [2.75, 3.05) is 25.2 Å². The number of aromatic nitrogens is 2. The first kappa shape index (κ1) is 21.7. The third-order valence-corrected chi connectivity index (χ3v) is 6.85. The number of hydrogen-bond donors (Lipinski definition) is 1. The van der Waals surface area contributed by atoms with Crippen LogP contribution in [0.4, 0.5) is 5.69 Å². The number of fused-ring (bicyclic) bond motifs is 1. The van der Waals surface area contributed by atoms with Gasteiger partial charge in [0.15, 0.2) is 16.3 Å². The Morgan fingerprint density at radius 3 is 2.67 bits per heavy atom. The van der Waals surface area contributed by atoms with E-state index >= 15 is 0 Å². The van der Waals surface area contributed by atoms with Crippen LogP contribution in [0.5, 0.6) is 11.5 Å². The molecule has 0 saturated carbocycles. The van der Waals surface area contributed by atoms with Crippen LogP contribution in [-0.4, -0.2) is 39.8 Å². The lowest BCUT2D eigenvalue weighted by Crippen LogP contribution is -2.39. The van der Waals surface area contributed by atoms with Crippen molar-refractivity contribution < 1.29 is 14.3 Å². The Kier molecular flexibility index (Phi) is 5.95. The summed E-state index contributed by atoms with van der Waals surface area (Å²) in [4.78, 5) is 15.1. The van der Waals surface area contributed by atoms with Gasteiger partial charge in [0.05, 0.1) is 12.4 Å². The zero-order valence-electron chi connectivity index (χ0n) is 18.9. The minimum atomic E-state index is -0.000753. The summed E-state index contributed by atoms with van der Waals surface area (Å²) in [6, 6.07) is 11.9. The summed E-state index contributed by atoms with van der Waals surface area (Å²) < 4.78 is 15.7. The molecular weight excluding hydrogens is 436 g/mol. The second kappa shape index (κ2) is 9.03. The van der Waals surface area contributed by atoms with Gasteiger partial charge < -0.3 is 19.4 Å². The Labute approximate surface area is 198 Å². The maximum absolute atomic E-state index is 12.8. The number of rotatable bonds is 5. The first-order valence-corrected chi connectivity index (χ1v) is 11.7. The highest BCUT2D eigenvalue weighted by molar-refractivity contribution is 7.71. The minimum absolute atomic E-state index is 0.000753. The van der Waals surface area contributed by atoms with Crippen LogP contribution in [0.3, 0.4) is 0 Å². The molecule has 2 aliphatic heterocycles. The number of likely N-dealkylation sites (tertiary alicyclic amines) is 1. The van der Waals surface area contributed by atoms with E-state index in [0.29, 0.717) is 11.5 Å². The quantitative estimate of drug-likeness (QED) is 0.557. The van der Waals surface area contributed by atoms with Crippen molar-refractivity contribution in [1.29, 1.82) is 0 Å². The number of carbonyl (C=O) groups excluding carboxylic acids is 1. The molecule has 1 aromatic heterocycles. The number of nitrogens with one attached hydrogen (secondary N) is 1. The van der Waals surface area contributed by atoms with Crippen LogP contribution in [0, 0.1) is 24.5 Å². The van der Waals surface area contributed by atoms with E-state index in [2.05, 4.69) is 51.4 Å². The van der Waals surface area contributed by atoms with E-state index in [0.717, 1.165) is 48.7 Å². The van der Waals surface area contributed by atoms with Gasteiger partial charge in [-0.3, -0.25) is 14.3 Å². The number of piperidine rings is 1. The van der Waals surface area contributed by atoms with Crippen LogP contribution >= 0.6 is 12.2 Å². The molecular formula is C25H28N4O3S. The van der Waals surface area contributed by atoms with Crippen molar-refractivity contribution in [3.63, 3.8) is 0 Å². The van der Waals surface area contributed by atoms with Gasteiger partial charge in [-0.25, -0.2) is 0 Å². The maximum Gasteiger partial charge on any atom is 0.231 e. The molecule has 0 unspecified atom stereocenters. The van der Waals surface area contributed by atoms with Crippen molar-refractivity contribution in [3.05, 3.63) is 64.7 Å². The third kappa shape index (κ3) is 4.54.